The third-order valence-electron chi connectivity index (χ3n) is 3.81. The van der Waals surface area contributed by atoms with Gasteiger partial charge < -0.3 is 20.1 Å². The molecule has 2 N–H and O–H groups in total. The van der Waals surface area contributed by atoms with E-state index in [0.29, 0.717) is 42.5 Å². The van der Waals surface area contributed by atoms with Crippen molar-refractivity contribution < 1.29 is 19.1 Å². The standard InChI is InChI=1S/C21H25BrN2O4/c1-4-23-21(26)14-8-7-9-16(10-14)24-20(25)12-15-11-18(27-5-2)19(28-6-3)13-17(15)22/h7-11,13H,4-6,12H2,1-3H3,(H,23,26)(H,24,25). The molecule has 0 heterocycles. The molecule has 0 saturated carbocycles. The fourth-order valence-electron chi connectivity index (χ4n) is 2.63. The third-order valence-corrected chi connectivity index (χ3v) is 4.55. The maximum atomic E-state index is 12.5. The van der Waals surface area contributed by atoms with Crippen LogP contribution < -0.4 is 20.1 Å². The summed E-state index contributed by atoms with van der Waals surface area (Å²) in [4.78, 5) is 24.5. The van der Waals surface area contributed by atoms with E-state index in [-0.39, 0.29) is 18.2 Å². The lowest BCUT2D eigenvalue weighted by Gasteiger charge is -2.14. The van der Waals surface area contributed by atoms with E-state index in [9.17, 15) is 9.59 Å². The van der Waals surface area contributed by atoms with Crippen LogP contribution >= 0.6 is 15.9 Å². The molecule has 0 aliphatic rings. The van der Waals surface area contributed by atoms with Crippen molar-refractivity contribution in [2.75, 3.05) is 25.1 Å². The highest BCUT2D eigenvalue weighted by Crippen LogP contribution is 2.34. The van der Waals surface area contributed by atoms with Gasteiger partial charge in [0.15, 0.2) is 11.5 Å². The van der Waals surface area contributed by atoms with Gasteiger partial charge in [-0.15, -0.1) is 0 Å². The van der Waals surface area contributed by atoms with Crippen LogP contribution in [0.3, 0.4) is 0 Å². The minimum absolute atomic E-state index is 0.151. The second kappa shape index (κ2) is 10.7. The van der Waals surface area contributed by atoms with Gasteiger partial charge in [0, 0.05) is 22.3 Å². The van der Waals surface area contributed by atoms with Gasteiger partial charge in [-0.2, -0.15) is 0 Å². The SMILES string of the molecule is CCNC(=O)c1cccc(NC(=O)Cc2cc(OCC)c(OCC)cc2Br)c1. The highest BCUT2D eigenvalue weighted by molar-refractivity contribution is 9.10. The summed E-state index contributed by atoms with van der Waals surface area (Å²) in [6.45, 7) is 7.22. The number of anilines is 1. The lowest BCUT2D eigenvalue weighted by molar-refractivity contribution is -0.115. The molecule has 150 valence electrons. The Kier molecular flexibility index (Phi) is 8.32. The monoisotopic (exact) mass is 448 g/mol. The number of carbonyl (C=O) groups excluding carboxylic acids is 2. The number of nitrogens with one attached hydrogen (secondary N) is 2. The van der Waals surface area contributed by atoms with Crippen LogP contribution in [0.15, 0.2) is 40.9 Å². The van der Waals surface area contributed by atoms with E-state index in [4.69, 9.17) is 9.47 Å². The molecule has 0 radical (unpaired) electrons. The minimum Gasteiger partial charge on any atom is -0.490 e. The Labute approximate surface area is 173 Å². The van der Waals surface area contributed by atoms with Crippen LogP contribution in [-0.4, -0.2) is 31.6 Å². The van der Waals surface area contributed by atoms with Crippen molar-refractivity contribution in [1.82, 2.24) is 5.32 Å². The van der Waals surface area contributed by atoms with Gasteiger partial charge in [-0.25, -0.2) is 0 Å². The quantitative estimate of drug-likeness (QED) is 0.603. The zero-order valence-electron chi connectivity index (χ0n) is 16.3. The summed E-state index contributed by atoms with van der Waals surface area (Å²) in [6.07, 6.45) is 0.151. The van der Waals surface area contributed by atoms with Gasteiger partial charge in [0.2, 0.25) is 5.91 Å². The largest absolute Gasteiger partial charge is 0.490 e. The number of rotatable bonds is 9. The molecule has 0 bridgehead atoms. The van der Waals surface area contributed by atoms with Crippen molar-refractivity contribution in [2.45, 2.75) is 27.2 Å². The van der Waals surface area contributed by atoms with E-state index in [0.717, 1.165) is 10.0 Å². The maximum absolute atomic E-state index is 12.5. The Morgan fingerprint density at radius 3 is 2.32 bits per heavy atom. The number of carbonyl (C=O) groups is 2. The first-order valence-corrected chi connectivity index (χ1v) is 10.0. The van der Waals surface area contributed by atoms with Gasteiger partial charge in [0.05, 0.1) is 19.6 Å². The number of benzene rings is 2. The first-order chi connectivity index (χ1) is 13.5. The number of hydrogen-bond acceptors (Lipinski definition) is 4. The molecule has 28 heavy (non-hydrogen) atoms. The van der Waals surface area contributed by atoms with Crippen LogP contribution in [-0.2, 0) is 11.2 Å². The lowest BCUT2D eigenvalue weighted by Crippen LogP contribution is -2.23. The second-order valence-electron chi connectivity index (χ2n) is 5.92. The van der Waals surface area contributed by atoms with Gasteiger partial charge in [0.25, 0.3) is 5.91 Å². The molecule has 2 aromatic rings. The smallest absolute Gasteiger partial charge is 0.251 e. The Hall–Kier alpha value is -2.54. The predicted octanol–water partition coefficient (Wildman–Crippen LogP) is 4.18. The molecule has 6 nitrogen and oxygen atoms in total. The van der Waals surface area contributed by atoms with E-state index in [1.807, 2.05) is 32.9 Å². The minimum atomic E-state index is -0.194. The zero-order chi connectivity index (χ0) is 20.5. The molecule has 0 aliphatic heterocycles. The average Bonchev–Trinajstić information content (AvgIpc) is 2.66. The third kappa shape index (κ3) is 5.99. The summed E-state index contributed by atoms with van der Waals surface area (Å²) in [5, 5.41) is 5.57. The summed E-state index contributed by atoms with van der Waals surface area (Å²) < 4.78 is 12.0. The van der Waals surface area contributed by atoms with Crippen LogP contribution in [0.25, 0.3) is 0 Å². The van der Waals surface area contributed by atoms with E-state index >= 15 is 0 Å². The van der Waals surface area contributed by atoms with E-state index in [2.05, 4.69) is 26.6 Å². The van der Waals surface area contributed by atoms with Crippen molar-refractivity contribution in [1.29, 1.82) is 0 Å². The zero-order valence-corrected chi connectivity index (χ0v) is 17.9. The van der Waals surface area contributed by atoms with Gasteiger partial charge in [0.1, 0.15) is 0 Å². The van der Waals surface area contributed by atoms with Crippen molar-refractivity contribution in [3.63, 3.8) is 0 Å². The molecule has 0 saturated heterocycles. The Bertz CT molecular complexity index is 839. The molecule has 2 amide bonds. The molecule has 0 aliphatic carbocycles. The van der Waals surface area contributed by atoms with Crippen LogP contribution in [0.4, 0.5) is 5.69 Å². The van der Waals surface area contributed by atoms with E-state index in [1.165, 1.54) is 0 Å². The number of halogens is 1. The van der Waals surface area contributed by atoms with Crippen LogP contribution in [0, 0.1) is 0 Å². The molecule has 0 spiro atoms. The molecule has 0 unspecified atom stereocenters. The molecule has 7 heteroatoms. The van der Waals surface area contributed by atoms with Gasteiger partial charge in [-0.3, -0.25) is 9.59 Å². The van der Waals surface area contributed by atoms with Gasteiger partial charge in [-0.1, -0.05) is 22.0 Å². The van der Waals surface area contributed by atoms with Gasteiger partial charge >= 0.3 is 0 Å². The van der Waals surface area contributed by atoms with Crippen molar-refractivity contribution in [3.8, 4) is 11.5 Å². The topological polar surface area (TPSA) is 76.7 Å². The first kappa shape index (κ1) is 21.8. The second-order valence-corrected chi connectivity index (χ2v) is 6.78. The summed E-state index contributed by atoms with van der Waals surface area (Å²) in [5.41, 5.74) is 1.85. The fourth-order valence-corrected chi connectivity index (χ4v) is 3.09. The first-order valence-electron chi connectivity index (χ1n) is 9.24. The number of amides is 2. The Morgan fingerprint density at radius 2 is 1.68 bits per heavy atom. The van der Waals surface area contributed by atoms with Crippen LogP contribution in [0.5, 0.6) is 11.5 Å². The van der Waals surface area contributed by atoms with Crippen molar-refractivity contribution in [3.05, 3.63) is 52.0 Å². The van der Waals surface area contributed by atoms with E-state index < -0.39 is 0 Å². The highest BCUT2D eigenvalue weighted by atomic mass is 79.9. The predicted molar refractivity (Wildman–Crippen MR) is 113 cm³/mol. The maximum Gasteiger partial charge on any atom is 0.251 e. The lowest BCUT2D eigenvalue weighted by atomic mass is 10.1. The normalized spacial score (nSPS) is 10.3. The summed E-state index contributed by atoms with van der Waals surface area (Å²) >= 11 is 3.50. The Morgan fingerprint density at radius 1 is 1.00 bits per heavy atom. The summed E-state index contributed by atoms with van der Waals surface area (Å²) in [5.74, 6) is 0.873. The van der Waals surface area contributed by atoms with Crippen molar-refractivity contribution >= 4 is 33.4 Å². The highest BCUT2D eigenvalue weighted by Gasteiger charge is 2.14. The van der Waals surface area contributed by atoms with Crippen LogP contribution in [0.1, 0.15) is 36.7 Å². The summed E-state index contributed by atoms with van der Waals surface area (Å²) in [7, 11) is 0. The van der Waals surface area contributed by atoms with Crippen molar-refractivity contribution in [2.24, 2.45) is 0 Å². The average molecular weight is 449 g/mol. The fraction of sp³-hybridized carbons (Fsp3) is 0.333. The molecule has 0 aromatic heterocycles. The molecule has 2 aromatic carbocycles. The van der Waals surface area contributed by atoms with E-state index in [1.54, 1.807) is 24.3 Å². The van der Waals surface area contributed by atoms with Crippen LogP contribution in [0.2, 0.25) is 0 Å². The number of ether oxygens (including phenoxy) is 2. The molecule has 0 fully saturated rings. The summed E-state index contributed by atoms with van der Waals surface area (Å²) in [6, 6.07) is 10.5. The number of hydrogen-bond donors (Lipinski definition) is 2. The molecular weight excluding hydrogens is 424 g/mol. The van der Waals surface area contributed by atoms with Gasteiger partial charge in [-0.05, 0) is 56.7 Å². The Balaban J connectivity index is 2.13. The molecular formula is C21H25BrN2O4. The molecule has 0 atom stereocenters. The molecule has 2 rings (SSSR count).